The number of unbranched alkanes of at least 4 members (excludes halogenated alkanes) is 11. The van der Waals surface area contributed by atoms with Crippen LogP contribution in [0.5, 0.6) is 11.5 Å². The Balaban J connectivity index is 0.00000705. The van der Waals surface area contributed by atoms with E-state index in [1.54, 1.807) is 31.4 Å². The quantitative estimate of drug-likeness (QED) is 0.0864. The second-order valence-electron chi connectivity index (χ2n) is 11.4. The van der Waals surface area contributed by atoms with E-state index in [9.17, 15) is 9.59 Å². The first-order valence-electron chi connectivity index (χ1n) is 16.3. The van der Waals surface area contributed by atoms with Crippen LogP contribution in [0.3, 0.4) is 0 Å². The molecular weight excluding hydrogens is 679 g/mol. The Morgan fingerprint density at radius 3 is 2.02 bits per heavy atom. The van der Waals surface area contributed by atoms with Crippen LogP contribution < -0.4 is 38.0 Å². The monoisotopic (exact) mass is 730 g/mol. The third kappa shape index (κ3) is 14.2. The van der Waals surface area contributed by atoms with Gasteiger partial charge in [-0.05, 0) is 42.3 Å². The van der Waals surface area contributed by atoms with Crippen molar-refractivity contribution in [3.05, 3.63) is 89.7 Å². The van der Waals surface area contributed by atoms with Crippen LogP contribution in [0.1, 0.15) is 105 Å². The van der Waals surface area contributed by atoms with E-state index >= 15 is 0 Å². The van der Waals surface area contributed by atoms with E-state index in [4.69, 9.17) is 14.2 Å². The highest BCUT2D eigenvalue weighted by Crippen LogP contribution is 2.29. The topological polar surface area (TPSA) is 69.0 Å². The zero-order valence-electron chi connectivity index (χ0n) is 27.3. The lowest BCUT2D eigenvalue weighted by atomic mass is 10.1. The van der Waals surface area contributed by atoms with E-state index in [0.29, 0.717) is 23.7 Å². The van der Waals surface area contributed by atoms with Gasteiger partial charge in [-0.3, -0.25) is 4.79 Å². The Kier molecular flexibility index (Phi) is 18.9. The fraction of sp³-hybridized carbons (Fsp3) is 0.486. The summed E-state index contributed by atoms with van der Waals surface area (Å²) in [6, 6.07) is 18.0. The molecule has 0 aliphatic carbocycles. The zero-order chi connectivity index (χ0) is 31.4. The molecule has 0 radical (unpaired) electrons. The SMILES string of the molecule is CCCCCCCCCCCCCCOc1ccc(COC(=O)N(Cc2ccc[n+](C)c2)C(=O)c2ccccc2)cc1OC.[I-]. The molecule has 45 heavy (non-hydrogen) atoms. The lowest BCUT2D eigenvalue weighted by Crippen LogP contribution is -3.00. The highest BCUT2D eigenvalue weighted by molar-refractivity contribution is 6.02. The van der Waals surface area contributed by atoms with Crippen molar-refractivity contribution in [2.45, 2.75) is 97.1 Å². The van der Waals surface area contributed by atoms with E-state index in [-0.39, 0.29) is 37.1 Å². The van der Waals surface area contributed by atoms with Crippen LogP contribution in [0.4, 0.5) is 4.79 Å². The molecule has 1 heterocycles. The maximum atomic E-state index is 13.3. The van der Waals surface area contributed by atoms with Crippen molar-refractivity contribution >= 4 is 12.0 Å². The van der Waals surface area contributed by atoms with Crippen molar-refractivity contribution in [1.29, 1.82) is 0 Å². The number of aryl methyl sites for hydroxylation is 1. The van der Waals surface area contributed by atoms with Gasteiger partial charge >= 0.3 is 6.09 Å². The standard InChI is InChI=1S/C37H51N2O5.HI/c1-4-5-6-7-8-9-10-11-12-13-14-18-26-43-34-24-23-31(27-35(34)42-3)30-44-37(41)39(29-32-20-19-25-38(2)28-32)36(40)33-21-16-15-17-22-33;/h15-17,19-25,27-28H,4-14,18,26,29-30H2,1-3H3;1H/q+1;/p-1. The first-order valence-corrected chi connectivity index (χ1v) is 16.3. The van der Waals surface area contributed by atoms with Gasteiger partial charge in [-0.15, -0.1) is 0 Å². The number of nitrogens with zero attached hydrogens (tertiary/aromatic N) is 2. The van der Waals surface area contributed by atoms with Gasteiger partial charge in [0, 0.05) is 17.2 Å². The molecule has 0 aliphatic rings. The van der Waals surface area contributed by atoms with Gasteiger partial charge in [0.1, 0.15) is 13.7 Å². The summed E-state index contributed by atoms with van der Waals surface area (Å²) < 4.78 is 19.1. The number of carbonyl (C=O) groups excluding carboxylic acids is 2. The molecule has 0 saturated heterocycles. The van der Waals surface area contributed by atoms with Crippen molar-refractivity contribution in [2.75, 3.05) is 13.7 Å². The molecule has 7 nitrogen and oxygen atoms in total. The summed E-state index contributed by atoms with van der Waals surface area (Å²) in [7, 11) is 3.49. The number of benzene rings is 2. The molecule has 1 aromatic heterocycles. The largest absolute Gasteiger partial charge is 1.00 e. The van der Waals surface area contributed by atoms with Crippen LogP contribution in [0, 0.1) is 0 Å². The average Bonchev–Trinajstić information content (AvgIpc) is 3.05. The second-order valence-corrected chi connectivity index (χ2v) is 11.4. The molecule has 2 aromatic carbocycles. The number of imide groups is 1. The van der Waals surface area contributed by atoms with Gasteiger partial charge in [-0.1, -0.05) is 102 Å². The van der Waals surface area contributed by atoms with Crippen LogP contribution in [0.2, 0.25) is 0 Å². The van der Waals surface area contributed by atoms with Crippen molar-refractivity contribution in [1.82, 2.24) is 4.90 Å². The molecule has 3 aromatic rings. The summed E-state index contributed by atoms with van der Waals surface area (Å²) in [6.45, 7) is 2.99. The average molecular weight is 731 g/mol. The van der Waals surface area contributed by atoms with E-state index < -0.39 is 12.0 Å². The molecule has 3 rings (SSSR count). The van der Waals surface area contributed by atoms with Gasteiger partial charge in [0.2, 0.25) is 0 Å². The Morgan fingerprint density at radius 2 is 1.40 bits per heavy atom. The fourth-order valence-electron chi connectivity index (χ4n) is 5.15. The van der Waals surface area contributed by atoms with Crippen molar-refractivity contribution in [2.24, 2.45) is 7.05 Å². The smallest absolute Gasteiger partial charge is 0.417 e. The third-order valence-electron chi connectivity index (χ3n) is 7.67. The molecule has 0 saturated carbocycles. The van der Waals surface area contributed by atoms with Crippen LogP contribution in [-0.2, 0) is 24.9 Å². The lowest BCUT2D eigenvalue weighted by Gasteiger charge is -2.20. The van der Waals surface area contributed by atoms with E-state index in [0.717, 1.165) is 28.9 Å². The molecule has 0 unspecified atom stereocenters. The fourth-order valence-corrected chi connectivity index (χ4v) is 5.15. The minimum Gasteiger partial charge on any atom is -1.00 e. The summed E-state index contributed by atoms with van der Waals surface area (Å²) in [5.41, 5.74) is 1.97. The molecule has 0 fully saturated rings. The van der Waals surface area contributed by atoms with E-state index in [2.05, 4.69) is 6.92 Å². The van der Waals surface area contributed by atoms with Gasteiger partial charge in [0.25, 0.3) is 5.91 Å². The predicted octanol–water partition coefficient (Wildman–Crippen LogP) is 5.58. The minimum atomic E-state index is -0.711. The Morgan fingerprint density at radius 1 is 0.756 bits per heavy atom. The van der Waals surface area contributed by atoms with Gasteiger partial charge < -0.3 is 38.2 Å². The number of pyridine rings is 1. The summed E-state index contributed by atoms with van der Waals surface area (Å²) in [5, 5.41) is 0. The maximum Gasteiger partial charge on any atom is 0.417 e. The molecule has 0 atom stereocenters. The molecular formula is C37H51IN2O5. The van der Waals surface area contributed by atoms with Gasteiger partial charge in [-0.2, -0.15) is 0 Å². The summed E-state index contributed by atoms with van der Waals surface area (Å²) in [5.74, 6) is 0.844. The first kappa shape index (κ1) is 38.0. The first-order chi connectivity index (χ1) is 21.5. The number of amides is 2. The van der Waals surface area contributed by atoms with E-state index in [1.807, 2.05) is 60.4 Å². The van der Waals surface area contributed by atoms with Crippen LogP contribution >= 0.6 is 0 Å². The van der Waals surface area contributed by atoms with Crippen LogP contribution in [0.15, 0.2) is 73.1 Å². The molecule has 2 amide bonds. The second kappa shape index (κ2) is 22.4. The Labute approximate surface area is 287 Å². The van der Waals surface area contributed by atoms with Gasteiger partial charge in [0.05, 0.1) is 20.3 Å². The summed E-state index contributed by atoms with van der Waals surface area (Å²) in [6.07, 6.45) is 18.7. The zero-order valence-corrected chi connectivity index (χ0v) is 29.5. The molecule has 0 spiro atoms. The minimum absolute atomic E-state index is 0. The number of ether oxygens (including phenoxy) is 3. The number of aromatic nitrogens is 1. The van der Waals surface area contributed by atoms with Crippen molar-refractivity contribution in [3.8, 4) is 11.5 Å². The van der Waals surface area contributed by atoms with Crippen LogP contribution in [-0.4, -0.2) is 30.6 Å². The van der Waals surface area contributed by atoms with E-state index in [1.165, 1.54) is 64.2 Å². The molecule has 246 valence electrons. The summed E-state index contributed by atoms with van der Waals surface area (Å²) in [4.78, 5) is 27.6. The number of halogens is 1. The van der Waals surface area contributed by atoms with Crippen molar-refractivity contribution in [3.63, 3.8) is 0 Å². The number of rotatable bonds is 20. The Hall–Kier alpha value is -3.14. The highest BCUT2D eigenvalue weighted by atomic mass is 127. The maximum absolute atomic E-state index is 13.3. The highest BCUT2D eigenvalue weighted by Gasteiger charge is 2.25. The molecule has 8 heteroatoms. The number of carbonyl (C=O) groups is 2. The van der Waals surface area contributed by atoms with Gasteiger partial charge in [0.15, 0.2) is 23.9 Å². The van der Waals surface area contributed by atoms with Gasteiger partial charge in [-0.25, -0.2) is 14.3 Å². The Bertz CT molecular complexity index is 1270. The lowest BCUT2D eigenvalue weighted by molar-refractivity contribution is -0.672. The van der Waals surface area contributed by atoms with Crippen molar-refractivity contribution < 1.29 is 52.3 Å². The molecule has 0 bridgehead atoms. The number of methoxy groups -OCH3 is 1. The summed E-state index contributed by atoms with van der Waals surface area (Å²) >= 11 is 0. The normalized spacial score (nSPS) is 10.6. The molecule has 0 N–H and O–H groups in total. The third-order valence-corrected chi connectivity index (χ3v) is 7.67. The number of hydrogen-bond donors (Lipinski definition) is 0. The van der Waals surface area contributed by atoms with Crippen LogP contribution in [0.25, 0.3) is 0 Å². The number of hydrogen-bond acceptors (Lipinski definition) is 5. The molecule has 0 aliphatic heterocycles. The predicted molar refractivity (Wildman–Crippen MR) is 174 cm³/mol.